The number of phenolic OH excluding ortho intramolecular Hbond substituents is 1. The first-order chi connectivity index (χ1) is 9.88. The minimum Gasteiger partial charge on any atom is -0.507 e. The Balaban J connectivity index is 2.41. The number of halogens is 1. The minimum atomic E-state index is 0.273. The van der Waals surface area contributed by atoms with Gasteiger partial charge in [0.15, 0.2) is 0 Å². The molecule has 0 aromatic heterocycles. The molecule has 0 saturated heterocycles. The number of nitrogens with one attached hydrogen (secondary N) is 1. The first kappa shape index (κ1) is 15.7. The Kier molecular flexibility index (Phi) is 4.79. The summed E-state index contributed by atoms with van der Waals surface area (Å²) in [5.41, 5.74) is 3.91. The van der Waals surface area contributed by atoms with Crippen molar-refractivity contribution in [3.63, 3.8) is 0 Å². The van der Waals surface area contributed by atoms with Crippen molar-refractivity contribution in [2.24, 2.45) is 0 Å². The van der Waals surface area contributed by atoms with Crippen LogP contribution in [0.4, 0.5) is 11.4 Å². The fourth-order valence-electron chi connectivity index (χ4n) is 2.33. The molecular weight excluding hydrogens is 282 g/mol. The van der Waals surface area contributed by atoms with Crippen molar-refractivity contribution in [3.05, 3.63) is 52.5 Å². The second-order valence-electron chi connectivity index (χ2n) is 5.94. The van der Waals surface area contributed by atoms with E-state index in [-0.39, 0.29) is 11.8 Å². The van der Waals surface area contributed by atoms with Gasteiger partial charge in [-0.3, -0.25) is 0 Å². The summed E-state index contributed by atoms with van der Waals surface area (Å²) in [5, 5.41) is 14.5. The lowest BCUT2D eigenvalue weighted by atomic mass is 9.93. The van der Waals surface area contributed by atoms with E-state index in [9.17, 15) is 5.11 Å². The molecule has 0 spiro atoms. The van der Waals surface area contributed by atoms with E-state index in [0.29, 0.717) is 5.75 Å². The van der Waals surface area contributed by atoms with Gasteiger partial charge in [0.05, 0.1) is 0 Å². The molecule has 112 valence electrons. The maximum Gasteiger partial charge on any atom is 0.122 e. The molecule has 0 aliphatic carbocycles. The van der Waals surface area contributed by atoms with Crippen LogP contribution in [0.2, 0.25) is 5.02 Å². The molecule has 0 radical (unpaired) electrons. The summed E-state index contributed by atoms with van der Waals surface area (Å²) in [7, 11) is 0. The third kappa shape index (κ3) is 3.70. The van der Waals surface area contributed by atoms with Gasteiger partial charge in [-0.25, -0.2) is 0 Å². The summed E-state index contributed by atoms with van der Waals surface area (Å²) in [4.78, 5) is 0. The maximum atomic E-state index is 10.4. The third-order valence-corrected chi connectivity index (χ3v) is 3.80. The number of rotatable bonds is 4. The minimum absolute atomic E-state index is 0.273. The molecule has 0 bridgehead atoms. The van der Waals surface area contributed by atoms with Crippen LogP contribution in [-0.4, -0.2) is 5.11 Å². The monoisotopic (exact) mass is 303 g/mol. The van der Waals surface area contributed by atoms with Crippen LogP contribution in [0.25, 0.3) is 0 Å². The molecule has 2 aromatic carbocycles. The lowest BCUT2D eigenvalue weighted by Gasteiger charge is -2.18. The number of hydrogen-bond donors (Lipinski definition) is 2. The van der Waals surface area contributed by atoms with Crippen LogP contribution in [0.15, 0.2) is 36.4 Å². The summed E-state index contributed by atoms with van der Waals surface area (Å²) in [6.07, 6.45) is 0. The first-order valence-corrected chi connectivity index (χ1v) is 7.65. The molecule has 2 aromatic rings. The molecule has 0 saturated carbocycles. The molecule has 2 nitrogen and oxygen atoms in total. The van der Waals surface area contributed by atoms with Crippen molar-refractivity contribution in [1.29, 1.82) is 0 Å². The lowest BCUT2D eigenvalue weighted by Crippen LogP contribution is -1.99. The van der Waals surface area contributed by atoms with Crippen LogP contribution >= 0.6 is 11.6 Å². The van der Waals surface area contributed by atoms with Gasteiger partial charge in [0, 0.05) is 16.4 Å². The summed E-state index contributed by atoms with van der Waals surface area (Å²) < 4.78 is 0. The summed E-state index contributed by atoms with van der Waals surface area (Å²) in [6, 6.07) is 11.6. The van der Waals surface area contributed by atoms with E-state index < -0.39 is 0 Å². The van der Waals surface area contributed by atoms with Crippen LogP contribution in [0.3, 0.4) is 0 Å². The third-order valence-electron chi connectivity index (χ3n) is 3.55. The van der Waals surface area contributed by atoms with Crippen molar-refractivity contribution in [3.8, 4) is 5.75 Å². The molecular formula is C18H22ClNO. The summed E-state index contributed by atoms with van der Waals surface area (Å²) in [6.45, 7) is 8.35. The number of anilines is 2. The molecule has 2 N–H and O–H groups in total. The van der Waals surface area contributed by atoms with Crippen molar-refractivity contribution in [1.82, 2.24) is 0 Å². The Morgan fingerprint density at radius 1 is 0.857 bits per heavy atom. The average Bonchev–Trinajstić information content (AvgIpc) is 2.42. The molecule has 0 aliphatic heterocycles. The van der Waals surface area contributed by atoms with E-state index >= 15 is 0 Å². The molecule has 21 heavy (non-hydrogen) atoms. The van der Waals surface area contributed by atoms with Gasteiger partial charge in [0.25, 0.3) is 0 Å². The average molecular weight is 304 g/mol. The van der Waals surface area contributed by atoms with Gasteiger partial charge in [-0.15, -0.1) is 0 Å². The molecule has 0 amide bonds. The van der Waals surface area contributed by atoms with Crippen molar-refractivity contribution < 1.29 is 5.11 Å². The zero-order chi connectivity index (χ0) is 15.6. The van der Waals surface area contributed by atoms with E-state index in [0.717, 1.165) is 27.5 Å². The zero-order valence-corrected chi connectivity index (χ0v) is 13.7. The van der Waals surface area contributed by atoms with E-state index in [1.165, 1.54) is 0 Å². The predicted octanol–water partition coefficient (Wildman–Crippen LogP) is 6.04. The topological polar surface area (TPSA) is 32.3 Å². The zero-order valence-electron chi connectivity index (χ0n) is 12.9. The van der Waals surface area contributed by atoms with Crippen LogP contribution in [0.1, 0.15) is 50.7 Å². The van der Waals surface area contributed by atoms with Crippen molar-refractivity contribution >= 4 is 23.0 Å². The van der Waals surface area contributed by atoms with Gasteiger partial charge in [0.2, 0.25) is 0 Å². The standard InChI is InChI=1S/C18H22ClNO/c1-11(2)16-9-15(10-17(12(3)4)18(16)21)20-14-7-5-13(19)6-8-14/h5-12,20-21H,1-4H3. The number of benzene rings is 2. The van der Waals surface area contributed by atoms with Crippen LogP contribution in [0, 0.1) is 0 Å². The summed E-state index contributed by atoms with van der Waals surface area (Å²) >= 11 is 5.91. The van der Waals surface area contributed by atoms with Gasteiger partial charge >= 0.3 is 0 Å². The molecule has 0 fully saturated rings. The Bertz CT molecular complexity index is 589. The smallest absolute Gasteiger partial charge is 0.122 e. The Morgan fingerprint density at radius 2 is 1.33 bits per heavy atom. The first-order valence-electron chi connectivity index (χ1n) is 7.28. The second kappa shape index (κ2) is 6.40. The molecule has 0 unspecified atom stereocenters. The number of aromatic hydroxyl groups is 1. The second-order valence-corrected chi connectivity index (χ2v) is 6.38. The van der Waals surface area contributed by atoms with Crippen molar-refractivity contribution in [2.45, 2.75) is 39.5 Å². The lowest BCUT2D eigenvalue weighted by molar-refractivity contribution is 0.454. The fourth-order valence-corrected chi connectivity index (χ4v) is 2.46. The van der Waals surface area contributed by atoms with E-state index in [4.69, 9.17) is 11.6 Å². The number of hydrogen-bond acceptors (Lipinski definition) is 2. The fraction of sp³-hybridized carbons (Fsp3) is 0.333. The highest BCUT2D eigenvalue weighted by molar-refractivity contribution is 6.30. The molecule has 0 atom stereocenters. The van der Waals surface area contributed by atoms with E-state index in [1.54, 1.807) is 0 Å². The van der Waals surface area contributed by atoms with Gasteiger partial charge in [-0.2, -0.15) is 0 Å². The number of phenols is 1. The largest absolute Gasteiger partial charge is 0.507 e. The highest BCUT2D eigenvalue weighted by Crippen LogP contribution is 2.37. The van der Waals surface area contributed by atoms with Gasteiger partial charge in [-0.05, 0) is 59.4 Å². The highest BCUT2D eigenvalue weighted by atomic mass is 35.5. The maximum absolute atomic E-state index is 10.4. The predicted molar refractivity (Wildman–Crippen MR) is 91.0 cm³/mol. The Hall–Kier alpha value is -1.67. The van der Waals surface area contributed by atoms with Crippen LogP contribution < -0.4 is 5.32 Å². The normalized spacial score (nSPS) is 11.2. The Labute approximate surface area is 131 Å². The van der Waals surface area contributed by atoms with E-state index in [2.05, 4.69) is 33.0 Å². The highest BCUT2D eigenvalue weighted by Gasteiger charge is 2.15. The van der Waals surface area contributed by atoms with Crippen molar-refractivity contribution in [2.75, 3.05) is 5.32 Å². The SMILES string of the molecule is CC(C)c1cc(Nc2ccc(Cl)cc2)cc(C(C)C)c1O. The molecule has 3 heteroatoms. The quantitative estimate of drug-likeness (QED) is 0.675. The molecule has 0 heterocycles. The summed E-state index contributed by atoms with van der Waals surface area (Å²) in [5.74, 6) is 0.964. The van der Waals surface area contributed by atoms with Gasteiger partial charge < -0.3 is 10.4 Å². The molecule has 2 rings (SSSR count). The van der Waals surface area contributed by atoms with Crippen LogP contribution in [0.5, 0.6) is 5.75 Å². The van der Waals surface area contributed by atoms with Gasteiger partial charge in [0.1, 0.15) is 5.75 Å². The molecule has 0 aliphatic rings. The van der Waals surface area contributed by atoms with Crippen LogP contribution in [-0.2, 0) is 0 Å². The Morgan fingerprint density at radius 3 is 1.76 bits per heavy atom. The van der Waals surface area contributed by atoms with E-state index in [1.807, 2.05) is 36.4 Å². The van der Waals surface area contributed by atoms with Gasteiger partial charge in [-0.1, -0.05) is 39.3 Å².